The van der Waals surface area contributed by atoms with Gasteiger partial charge in [-0.15, -0.1) is 0 Å². The highest BCUT2D eigenvalue weighted by Gasteiger charge is 2.17. The Morgan fingerprint density at radius 3 is 2.11 bits per heavy atom. The van der Waals surface area contributed by atoms with Crippen LogP contribution in [0.3, 0.4) is 0 Å². The zero-order valence-corrected chi connectivity index (χ0v) is 10.3. The highest BCUT2D eigenvalue weighted by atomic mass is 16.5. The van der Waals surface area contributed by atoms with E-state index in [1.165, 1.54) is 6.08 Å². The summed E-state index contributed by atoms with van der Waals surface area (Å²) in [5, 5.41) is 10.0. The lowest BCUT2D eigenvalue weighted by Crippen LogP contribution is -2.16. The van der Waals surface area contributed by atoms with Gasteiger partial charge in [-0.2, -0.15) is 0 Å². The summed E-state index contributed by atoms with van der Waals surface area (Å²) in [5.74, 6) is 1.53. The van der Waals surface area contributed by atoms with Crippen LogP contribution in [0.25, 0.3) is 0 Å². The third-order valence-electron chi connectivity index (χ3n) is 2.82. The first-order valence-electron chi connectivity index (χ1n) is 5.81. The summed E-state index contributed by atoms with van der Waals surface area (Å²) in [6.07, 6.45) is 1.51. The van der Waals surface area contributed by atoms with Crippen LogP contribution in [0, 0.1) is 0 Å². The molecule has 1 unspecified atom stereocenters. The van der Waals surface area contributed by atoms with Gasteiger partial charge in [-0.05, 0) is 36.8 Å². The van der Waals surface area contributed by atoms with E-state index < -0.39 is 5.60 Å². The van der Waals surface area contributed by atoms with Gasteiger partial charge < -0.3 is 9.84 Å². The smallest absolute Gasteiger partial charge is 0.127 e. The van der Waals surface area contributed by atoms with Gasteiger partial charge >= 0.3 is 0 Å². The SMILES string of the molecule is C=CC(C)(O)c1ccc(Oc2ccccc2)cc1. The number of rotatable bonds is 4. The Bertz CT molecular complexity index is 513. The van der Waals surface area contributed by atoms with Crippen LogP contribution in [0.4, 0.5) is 0 Å². The molecule has 1 atom stereocenters. The standard InChI is InChI=1S/C16H16O2/c1-3-16(2,17)13-9-11-15(12-10-13)18-14-7-5-4-6-8-14/h3-12,17H,1H2,2H3. The molecule has 18 heavy (non-hydrogen) atoms. The van der Waals surface area contributed by atoms with Crippen molar-refractivity contribution in [2.75, 3.05) is 0 Å². The first-order valence-corrected chi connectivity index (χ1v) is 5.81. The van der Waals surface area contributed by atoms with Crippen LogP contribution in [-0.4, -0.2) is 5.11 Å². The predicted octanol–water partition coefficient (Wildman–Crippen LogP) is 3.87. The molecule has 2 nitrogen and oxygen atoms in total. The van der Waals surface area contributed by atoms with Crippen LogP contribution >= 0.6 is 0 Å². The third-order valence-corrected chi connectivity index (χ3v) is 2.82. The van der Waals surface area contributed by atoms with Gasteiger partial charge in [0.25, 0.3) is 0 Å². The highest BCUT2D eigenvalue weighted by molar-refractivity contribution is 5.35. The Balaban J connectivity index is 2.16. The van der Waals surface area contributed by atoms with E-state index in [0.29, 0.717) is 0 Å². The highest BCUT2D eigenvalue weighted by Crippen LogP contribution is 2.26. The molecule has 2 rings (SSSR count). The van der Waals surface area contributed by atoms with Gasteiger partial charge in [0.05, 0.1) is 0 Å². The zero-order chi connectivity index (χ0) is 13.0. The summed E-state index contributed by atoms with van der Waals surface area (Å²) < 4.78 is 5.67. The first-order chi connectivity index (χ1) is 8.62. The van der Waals surface area contributed by atoms with Crippen molar-refractivity contribution >= 4 is 0 Å². The summed E-state index contributed by atoms with van der Waals surface area (Å²) in [6, 6.07) is 16.9. The van der Waals surface area contributed by atoms with E-state index in [-0.39, 0.29) is 0 Å². The molecule has 0 spiro atoms. The third kappa shape index (κ3) is 2.79. The molecule has 0 saturated carbocycles. The molecule has 0 radical (unpaired) electrons. The lowest BCUT2D eigenvalue weighted by atomic mass is 9.96. The van der Waals surface area contributed by atoms with Gasteiger partial charge in [0.1, 0.15) is 17.1 Å². The van der Waals surface area contributed by atoms with Crippen LogP contribution in [0.1, 0.15) is 12.5 Å². The molecule has 0 aliphatic rings. The summed E-state index contributed by atoms with van der Waals surface area (Å²) in [4.78, 5) is 0. The summed E-state index contributed by atoms with van der Waals surface area (Å²) >= 11 is 0. The Labute approximate surface area is 107 Å². The molecular formula is C16H16O2. The Hall–Kier alpha value is -2.06. The molecule has 92 valence electrons. The molecule has 0 aliphatic carbocycles. The molecule has 1 N–H and O–H groups in total. The normalized spacial score (nSPS) is 13.7. The van der Waals surface area contributed by atoms with Crippen LogP contribution in [0.5, 0.6) is 11.5 Å². The van der Waals surface area contributed by atoms with Crippen molar-refractivity contribution in [1.29, 1.82) is 0 Å². The fourth-order valence-corrected chi connectivity index (χ4v) is 1.60. The number of benzene rings is 2. The molecule has 0 aromatic heterocycles. The van der Waals surface area contributed by atoms with Gasteiger partial charge in [0.2, 0.25) is 0 Å². The van der Waals surface area contributed by atoms with Crippen molar-refractivity contribution < 1.29 is 9.84 Å². The van der Waals surface area contributed by atoms with E-state index >= 15 is 0 Å². The van der Waals surface area contributed by atoms with Crippen LogP contribution in [0.2, 0.25) is 0 Å². The second-order valence-corrected chi connectivity index (χ2v) is 4.29. The molecule has 0 aliphatic heterocycles. The van der Waals surface area contributed by atoms with E-state index in [1.54, 1.807) is 6.92 Å². The monoisotopic (exact) mass is 240 g/mol. The maximum atomic E-state index is 10.0. The fourth-order valence-electron chi connectivity index (χ4n) is 1.60. The molecular weight excluding hydrogens is 224 g/mol. The van der Waals surface area contributed by atoms with E-state index in [4.69, 9.17) is 4.74 Å². The largest absolute Gasteiger partial charge is 0.457 e. The molecule has 0 fully saturated rings. The molecule has 2 aromatic carbocycles. The van der Waals surface area contributed by atoms with Crippen molar-refractivity contribution in [3.05, 3.63) is 72.8 Å². The van der Waals surface area contributed by atoms with Crippen molar-refractivity contribution in [1.82, 2.24) is 0 Å². The number of aliphatic hydroxyl groups is 1. The van der Waals surface area contributed by atoms with E-state index in [0.717, 1.165) is 17.1 Å². The van der Waals surface area contributed by atoms with Crippen molar-refractivity contribution in [3.8, 4) is 11.5 Å². The summed E-state index contributed by atoms with van der Waals surface area (Å²) in [5.41, 5.74) is -0.219. The van der Waals surface area contributed by atoms with Gasteiger partial charge in [-0.1, -0.05) is 43.0 Å². The predicted molar refractivity (Wildman–Crippen MR) is 72.7 cm³/mol. The molecule has 2 heteroatoms. The molecule has 2 aromatic rings. The van der Waals surface area contributed by atoms with Crippen molar-refractivity contribution in [2.24, 2.45) is 0 Å². The summed E-state index contributed by atoms with van der Waals surface area (Å²) in [6.45, 7) is 5.32. The van der Waals surface area contributed by atoms with Gasteiger partial charge in [0, 0.05) is 0 Å². The Kier molecular flexibility index (Phi) is 3.49. The number of ether oxygens (including phenoxy) is 1. The van der Waals surface area contributed by atoms with Crippen LogP contribution in [-0.2, 0) is 5.60 Å². The Morgan fingerprint density at radius 1 is 1.00 bits per heavy atom. The average Bonchev–Trinajstić information content (AvgIpc) is 2.40. The number of para-hydroxylation sites is 1. The maximum Gasteiger partial charge on any atom is 0.127 e. The second-order valence-electron chi connectivity index (χ2n) is 4.29. The molecule has 0 saturated heterocycles. The van der Waals surface area contributed by atoms with Crippen LogP contribution in [0.15, 0.2) is 67.3 Å². The second kappa shape index (κ2) is 5.07. The number of hydrogen-bond acceptors (Lipinski definition) is 2. The minimum atomic E-state index is -1.01. The van der Waals surface area contributed by atoms with E-state index in [2.05, 4.69) is 6.58 Å². The maximum absolute atomic E-state index is 10.0. The molecule has 0 amide bonds. The van der Waals surface area contributed by atoms with Gasteiger partial charge in [0.15, 0.2) is 0 Å². The van der Waals surface area contributed by atoms with Crippen molar-refractivity contribution in [2.45, 2.75) is 12.5 Å². The van der Waals surface area contributed by atoms with E-state index in [1.807, 2.05) is 54.6 Å². The fraction of sp³-hybridized carbons (Fsp3) is 0.125. The molecule has 0 heterocycles. The quantitative estimate of drug-likeness (QED) is 0.822. The lowest BCUT2D eigenvalue weighted by Gasteiger charge is -2.19. The number of hydrogen-bond donors (Lipinski definition) is 1. The van der Waals surface area contributed by atoms with Gasteiger partial charge in [-0.3, -0.25) is 0 Å². The first kappa shape index (κ1) is 12.4. The molecule has 0 bridgehead atoms. The zero-order valence-electron chi connectivity index (χ0n) is 10.3. The Morgan fingerprint density at radius 2 is 1.56 bits per heavy atom. The van der Waals surface area contributed by atoms with Crippen LogP contribution < -0.4 is 4.74 Å². The average molecular weight is 240 g/mol. The minimum Gasteiger partial charge on any atom is -0.457 e. The van der Waals surface area contributed by atoms with E-state index in [9.17, 15) is 5.11 Å². The minimum absolute atomic E-state index is 0.741. The van der Waals surface area contributed by atoms with Gasteiger partial charge in [-0.25, -0.2) is 0 Å². The summed E-state index contributed by atoms with van der Waals surface area (Å²) in [7, 11) is 0. The van der Waals surface area contributed by atoms with Crippen molar-refractivity contribution in [3.63, 3.8) is 0 Å². The topological polar surface area (TPSA) is 29.5 Å². The lowest BCUT2D eigenvalue weighted by molar-refractivity contribution is 0.111.